The van der Waals surface area contributed by atoms with E-state index >= 15 is 0 Å². The van der Waals surface area contributed by atoms with E-state index in [0.717, 1.165) is 41.0 Å². The number of methoxy groups -OCH3 is 1. The van der Waals surface area contributed by atoms with Crippen molar-refractivity contribution in [3.05, 3.63) is 77.1 Å². The Balaban J connectivity index is 1.15. The van der Waals surface area contributed by atoms with E-state index in [1.807, 2.05) is 62.4 Å². The van der Waals surface area contributed by atoms with Crippen molar-refractivity contribution < 1.29 is 33.3 Å². The quantitative estimate of drug-likeness (QED) is 0.193. The molecule has 4 aromatic rings. The number of hydrogen-bond acceptors (Lipinski definition) is 9. The SMILES string of the molecule is COc1ccc(COc2cccc(-c3cc(C(=O)Nc4cc([C@H]5CC[C@@H](OC(=O)NC(C)C)C5)[nH]n4)nn3C)c2C2OCCO2)cc1. The predicted octanol–water partition coefficient (Wildman–Crippen LogP) is 5.47. The Kier molecular flexibility index (Phi) is 9.73. The van der Waals surface area contributed by atoms with Crippen molar-refractivity contribution in [3.63, 3.8) is 0 Å². The van der Waals surface area contributed by atoms with Gasteiger partial charge in [-0.25, -0.2) is 4.79 Å². The van der Waals surface area contributed by atoms with Gasteiger partial charge in [0.25, 0.3) is 5.91 Å². The second-order valence-electron chi connectivity index (χ2n) is 12.0. The Bertz CT molecular complexity index is 1690. The van der Waals surface area contributed by atoms with E-state index in [0.29, 0.717) is 43.5 Å². The van der Waals surface area contributed by atoms with Crippen LogP contribution >= 0.6 is 0 Å². The summed E-state index contributed by atoms with van der Waals surface area (Å²) >= 11 is 0. The van der Waals surface area contributed by atoms with Crippen LogP contribution in [0.3, 0.4) is 0 Å². The average molecular weight is 645 g/mol. The molecular weight excluding hydrogens is 604 g/mol. The van der Waals surface area contributed by atoms with E-state index in [1.165, 1.54) is 0 Å². The number of rotatable bonds is 11. The van der Waals surface area contributed by atoms with Crippen LogP contribution in [0.25, 0.3) is 11.3 Å². The number of nitrogens with one attached hydrogen (secondary N) is 3. The number of anilines is 1. The van der Waals surface area contributed by atoms with E-state index in [9.17, 15) is 9.59 Å². The maximum absolute atomic E-state index is 13.3. The van der Waals surface area contributed by atoms with Crippen LogP contribution < -0.4 is 20.1 Å². The number of carbonyl (C=O) groups excluding carboxylic acids is 2. The standard InChI is InChI=1S/C34H40N6O7/c1-20(2)35-34(42)47-24-13-10-22(16-24)26-18-30(38-37-26)36-32(41)27-17-28(40(3)39-27)25-6-5-7-29(31(25)33-44-14-15-45-33)46-19-21-8-11-23(43-4)12-9-21/h5-9,11-12,17-18,20,22,24,33H,10,13-16,19H2,1-4H3,(H,35,42)(H2,36,37,38,41)/t22-,24+/m0/s1. The predicted molar refractivity (Wildman–Crippen MR) is 172 cm³/mol. The number of alkyl carbamates (subject to hydrolysis) is 1. The lowest BCUT2D eigenvalue weighted by Gasteiger charge is -2.19. The number of aromatic amines is 1. The summed E-state index contributed by atoms with van der Waals surface area (Å²) in [6, 6.07) is 17.0. The van der Waals surface area contributed by atoms with Gasteiger partial charge in [-0.1, -0.05) is 24.3 Å². The van der Waals surface area contributed by atoms with Gasteiger partial charge in [-0.05, 0) is 62.9 Å². The van der Waals surface area contributed by atoms with E-state index < -0.39 is 18.3 Å². The minimum atomic E-state index is -0.628. The zero-order valence-corrected chi connectivity index (χ0v) is 26.9. The summed E-state index contributed by atoms with van der Waals surface area (Å²) in [4.78, 5) is 25.3. The van der Waals surface area contributed by atoms with Crippen molar-refractivity contribution in [1.29, 1.82) is 0 Å². The first-order valence-corrected chi connectivity index (χ1v) is 15.8. The lowest BCUT2D eigenvalue weighted by Crippen LogP contribution is -2.33. The molecule has 1 aliphatic carbocycles. The molecule has 0 bridgehead atoms. The molecule has 1 saturated heterocycles. The smallest absolute Gasteiger partial charge is 0.407 e. The summed E-state index contributed by atoms with van der Waals surface area (Å²) in [6.07, 6.45) is 1.10. The number of ether oxygens (including phenoxy) is 5. The lowest BCUT2D eigenvalue weighted by atomic mass is 10.0. The summed E-state index contributed by atoms with van der Waals surface area (Å²) in [5.74, 6) is 1.52. The van der Waals surface area contributed by atoms with E-state index in [4.69, 9.17) is 23.7 Å². The van der Waals surface area contributed by atoms with Crippen molar-refractivity contribution in [2.45, 2.75) is 64.1 Å². The van der Waals surface area contributed by atoms with Crippen LogP contribution in [0.5, 0.6) is 11.5 Å². The van der Waals surface area contributed by atoms with Crippen LogP contribution in [-0.4, -0.2) is 64.4 Å². The number of carbonyl (C=O) groups is 2. The van der Waals surface area contributed by atoms with Crippen molar-refractivity contribution in [3.8, 4) is 22.8 Å². The molecule has 47 heavy (non-hydrogen) atoms. The van der Waals surface area contributed by atoms with Gasteiger partial charge in [-0.3, -0.25) is 14.6 Å². The van der Waals surface area contributed by atoms with Crippen LogP contribution in [0, 0.1) is 0 Å². The Morgan fingerprint density at radius 3 is 2.62 bits per heavy atom. The highest BCUT2D eigenvalue weighted by molar-refractivity contribution is 6.03. The Labute approximate surface area is 272 Å². The van der Waals surface area contributed by atoms with E-state index in [-0.39, 0.29) is 23.8 Å². The van der Waals surface area contributed by atoms with Crippen LogP contribution in [0.4, 0.5) is 10.6 Å². The van der Waals surface area contributed by atoms with E-state index in [2.05, 4.69) is 25.9 Å². The fourth-order valence-corrected chi connectivity index (χ4v) is 5.92. The molecule has 2 aliphatic rings. The first-order chi connectivity index (χ1) is 22.8. The highest BCUT2D eigenvalue weighted by Gasteiger charge is 2.31. The van der Waals surface area contributed by atoms with Gasteiger partial charge in [0, 0.05) is 36.3 Å². The molecule has 0 spiro atoms. The Morgan fingerprint density at radius 2 is 1.87 bits per heavy atom. The summed E-state index contributed by atoms with van der Waals surface area (Å²) in [5, 5.41) is 17.5. The molecule has 0 radical (unpaired) electrons. The molecule has 3 heterocycles. The van der Waals surface area contributed by atoms with Gasteiger partial charge in [0.2, 0.25) is 0 Å². The molecule has 6 rings (SSSR count). The third kappa shape index (κ3) is 7.58. The molecular formula is C34H40N6O7. The second-order valence-corrected chi connectivity index (χ2v) is 12.0. The van der Waals surface area contributed by atoms with E-state index in [1.54, 1.807) is 24.9 Å². The molecule has 2 amide bonds. The zero-order valence-electron chi connectivity index (χ0n) is 26.9. The number of aromatic nitrogens is 4. The molecule has 1 aliphatic heterocycles. The number of aryl methyl sites for hydroxylation is 1. The summed E-state index contributed by atoms with van der Waals surface area (Å²) in [6.45, 7) is 5.04. The Morgan fingerprint density at radius 1 is 1.09 bits per heavy atom. The van der Waals surface area contributed by atoms with Gasteiger partial charge in [-0.15, -0.1) is 0 Å². The maximum Gasteiger partial charge on any atom is 0.407 e. The van der Waals surface area contributed by atoms with Gasteiger partial charge in [0.15, 0.2) is 17.8 Å². The number of H-pyrrole nitrogens is 1. The fourth-order valence-electron chi connectivity index (χ4n) is 5.92. The van der Waals surface area contributed by atoms with Gasteiger partial charge >= 0.3 is 6.09 Å². The molecule has 2 atom stereocenters. The second kappa shape index (κ2) is 14.3. The van der Waals surface area contributed by atoms with Crippen molar-refractivity contribution >= 4 is 17.8 Å². The monoisotopic (exact) mass is 644 g/mol. The molecule has 13 heteroatoms. The third-order valence-corrected chi connectivity index (χ3v) is 8.21. The summed E-state index contributed by atoms with van der Waals surface area (Å²) in [7, 11) is 3.41. The number of benzene rings is 2. The number of hydrogen-bond donors (Lipinski definition) is 3. The highest BCUT2D eigenvalue weighted by atomic mass is 16.7. The number of amides is 2. The summed E-state index contributed by atoms with van der Waals surface area (Å²) < 4.78 is 30.6. The average Bonchev–Trinajstić information content (AvgIpc) is 3.88. The Hall–Kier alpha value is -4.88. The molecule has 2 aromatic heterocycles. The van der Waals surface area contributed by atoms with Crippen LogP contribution in [-0.2, 0) is 27.9 Å². The van der Waals surface area contributed by atoms with Crippen molar-refractivity contribution in [1.82, 2.24) is 25.3 Å². The maximum atomic E-state index is 13.3. The minimum Gasteiger partial charge on any atom is -0.497 e. The van der Waals surface area contributed by atoms with Crippen LogP contribution in [0.1, 0.15) is 72.6 Å². The molecule has 13 nitrogen and oxygen atoms in total. The largest absolute Gasteiger partial charge is 0.497 e. The highest BCUT2D eigenvalue weighted by Crippen LogP contribution is 2.40. The molecule has 2 fully saturated rings. The van der Waals surface area contributed by atoms with Crippen LogP contribution in [0.15, 0.2) is 54.6 Å². The first kappa shape index (κ1) is 32.1. The molecule has 1 saturated carbocycles. The fraction of sp³-hybridized carbons (Fsp3) is 0.412. The van der Waals surface area contributed by atoms with Gasteiger partial charge in [-0.2, -0.15) is 10.2 Å². The van der Waals surface area contributed by atoms with Crippen molar-refractivity contribution in [2.75, 3.05) is 25.6 Å². The topological polar surface area (TPSA) is 151 Å². The van der Waals surface area contributed by atoms with Gasteiger partial charge < -0.3 is 34.3 Å². The first-order valence-electron chi connectivity index (χ1n) is 15.8. The minimum absolute atomic E-state index is 0.0148. The normalized spacial score (nSPS) is 18.0. The molecule has 248 valence electrons. The van der Waals surface area contributed by atoms with Gasteiger partial charge in [0.1, 0.15) is 24.2 Å². The number of nitrogens with zero attached hydrogens (tertiary/aromatic N) is 3. The van der Waals surface area contributed by atoms with Crippen LogP contribution in [0.2, 0.25) is 0 Å². The lowest BCUT2D eigenvalue weighted by molar-refractivity contribution is -0.0454. The third-order valence-electron chi connectivity index (χ3n) is 8.21. The zero-order chi connectivity index (χ0) is 32.9. The van der Waals surface area contributed by atoms with Crippen molar-refractivity contribution in [2.24, 2.45) is 7.05 Å². The molecule has 0 unspecified atom stereocenters. The summed E-state index contributed by atoms with van der Waals surface area (Å²) in [5.41, 5.74) is 4.28. The molecule has 2 aromatic carbocycles. The molecule has 3 N–H and O–H groups in total. The van der Waals surface area contributed by atoms with Gasteiger partial charge in [0.05, 0.1) is 31.6 Å².